The van der Waals surface area contributed by atoms with E-state index >= 15 is 0 Å². The van der Waals surface area contributed by atoms with Crippen molar-refractivity contribution in [3.63, 3.8) is 0 Å². The average Bonchev–Trinajstić information content (AvgIpc) is 2.83. The van der Waals surface area contributed by atoms with Crippen LogP contribution < -0.4 is 10.6 Å². The highest BCUT2D eigenvalue weighted by Gasteiger charge is 2.29. The molecule has 0 saturated heterocycles. The first-order valence-corrected chi connectivity index (χ1v) is 6.30. The Labute approximate surface area is 115 Å². The lowest BCUT2D eigenvalue weighted by Crippen LogP contribution is -2.29. The molecule has 1 aliphatic heterocycles. The zero-order valence-corrected chi connectivity index (χ0v) is 10.7. The number of rotatable bonds is 1. The third kappa shape index (κ3) is 1.75. The second kappa shape index (κ2) is 4.45. The molecule has 0 saturated carbocycles. The monoisotopic (exact) mass is 270 g/mol. The minimum Gasteiger partial charge on any atom is -0.507 e. The van der Waals surface area contributed by atoms with Crippen molar-refractivity contribution in [2.75, 3.05) is 17.2 Å². The number of carbonyl (C=O) groups excluding carboxylic acids is 1. The smallest absolute Gasteiger partial charge is 0.265 e. The maximum Gasteiger partial charge on any atom is 0.265 e. The van der Waals surface area contributed by atoms with Crippen LogP contribution in [-0.4, -0.2) is 22.7 Å². The van der Waals surface area contributed by atoms with Gasteiger partial charge < -0.3 is 20.8 Å². The summed E-state index contributed by atoms with van der Waals surface area (Å²) in [5.74, 6) is -0.885. The molecule has 1 heterocycles. The number of nitrogens with two attached hydrogens (primary N) is 1. The predicted molar refractivity (Wildman–Crippen MR) is 76.0 cm³/mol. The Morgan fingerprint density at radius 1 is 1.10 bits per heavy atom. The fourth-order valence-corrected chi connectivity index (χ4v) is 2.55. The summed E-state index contributed by atoms with van der Waals surface area (Å²) < 4.78 is 0. The van der Waals surface area contributed by atoms with Crippen LogP contribution in [0.2, 0.25) is 0 Å². The summed E-state index contributed by atoms with van der Waals surface area (Å²) in [6, 6.07) is 9.63. The van der Waals surface area contributed by atoms with Gasteiger partial charge in [0, 0.05) is 23.5 Å². The fourth-order valence-electron chi connectivity index (χ4n) is 2.55. The van der Waals surface area contributed by atoms with E-state index in [0.29, 0.717) is 18.7 Å². The summed E-state index contributed by atoms with van der Waals surface area (Å²) in [7, 11) is 0. The van der Waals surface area contributed by atoms with Gasteiger partial charge in [-0.15, -0.1) is 0 Å². The van der Waals surface area contributed by atoms with E-state index in [1.54, 1.807) is 12.1 Å². The van der Waals surface area contributed by atoms with Crippen molar-refractivity contribution >= 4 is 17.3 Å². The zero-order valence-electron chi connectivity index (χ0n) is 10.7. The maximum absolute atomic E-state index is 12.5. The van der Waals surface area contributed by atoms with Crippen molar-refractivity contribution in [3.05, 3.63) is 47.5 Å². The van der Waals surface area contributed by atoms with E-state index in [2.05, 4.69) is 0 Å². The predicted octanol–water partition coefficient (Wildman–Crippen LogP) is 1.88. The molecule has 1 aliphatic rings. The lowest BCUT2D eigenvalue weighted by atomic mass is 10.1. The molecule has 1 amide bonds. The number of benzene rings is 2. The molecular weight excluding hydrogens is 256 g/mol. The third-order valence-electron chi connectivity index (χ3n) is 3.54. The van der Waals surface area contributed by atoms with Gasteiger partial charge in [0.1, 0.15) is 17.1 Å². The number of aromatic hydroxyl groups is 2. The molecular formula is C15H14N2O3. The number of phenolic OH excluding ortho intramolecular Hbond substituents is 2. The van der Waals surface area contributed by atoms with Crippen LogP contribution in [0.25, 0.3) is 0 Å². The van der Waals surface area contributed by atoms with E-state index in [1.807, 2.05) is 6.07 Å². The first kappa shape index (κ1) is 12.3. The van der Waals surface area contributed by atoms with Gasteiger partial charge in [-0.25, -0.2) is 0 Å². The second-order valence-electron chi connectivity index (χ2n) is 4.72. The van der Waals surface area contributed by atoms with Crippen LogP contribution in [0.15, 0.2) is 36.4 Å². The van der Waals surface area contributed by atoms with Crippen molar-refractivity contribution in [2.45, 2.75) is 6.42 Å². The van der Waals surface area contributed by atoms with Crippen LogP contribution in [0.1, 0.15) is 15.9 Å². The van der Waals surface area contributed by atoms with Crippen LogP contribution in [-0.2, 0) is 6.42 Å². The van der Waals surface area contributed by atoms with E-state index in [0.717, 1.165) is 11.3 Å². The second-order valence-corrected chi connectivity index (χ2v) is 4.72. The Bertz CT molecular complexity index is 677. The Morgan fingerprint density at radius 2 is 1.75 bits per heavy atom. The number of amides is 1. The molecule has 0 aromatic heterocycles. The summed E-state index contributed by atoms with van der Waals surface area (Å²) in [6.45, 7) is 0.482. The number of hydrogen-bond donors (Lipinski definition) is 3. The quantitative estimate of drug-likeness (QED) is 0.690. The van der Waals surface area contributed by atoms with Crippen LogP contribution in [0, 0.1) is 0 Å². The fraction of sp³-hybridized carbons (Fsp3) is 0.133. The first-order chi connectivity index (χ1) is 9.59. The highest BCUT2D eigenvalue weighted by Crippen LogP contribution is 2.36. The average molecular weight is 270 g/mol. The highest BCUT2D eigenvalue weighted by atomic mass is 16.3. The van der Waals surface area contributed by atoms with E-state index in [9.17, 15) is 15.0 Å². The maximum atomic E-state index is 12.5. The number of anilines is 2. The lowest BCUT2D eigenvalue weighted by Gasteiger charge is -2.18. The molecule has 2 aromatic rings. The summed E-state index contributed by atoms with van der Waals surface area (Å²) in [5.41, 5.74) is 8.13. The molecule has 20 heavy (non-hydrogen) atoms. The molecule has 0 radical (unpaired) electrons. The van der Waals surface area contributed by atoms with Crippen LogP contribution in [0.5, 0.6) is 11.5 Å². The molecule has 0 bridgehead atoms. The van der Waals surface area contributed by atoms with Crippen molar-refractivity contribution < 1.29 is 15.0 Å². The third-order valence-corrected chi connectivity index (χ3v) is 3.54. The van der Waals surface area contributed by atoms with Crippen LogP contribution in [0.4, 0.5) is 11.4 Å². The Hall–Kier alpha value is -2.69. The molecule has 4 N–H and O–H groups in total. The van der Waals surface area contributed by atoms with Gasteiger partial charge in [0.25, 0.3) is 5.91 Å². The molecule has 5 nitrogen and oxygen atoms in total. The minimum atomic E-state index is -0.426. The van der Waals surface area contributed by atoms with E-state index in [4.69, 9.17) is 5.73 Å². The number of phenols is 2. The van der Waals surface area contributed by atoms with Gasteiger partial charge in [-0.1, -0.05) is 12.1 Å². The Balaban J connectivity index is 2.05. The number of carbonyl (C=O) groups is 1. The molecule has 102 valence electrons. The molecule has 5 heteroatoms. The number of fused-ring (bicyclic) bond motifs is 1. The molecule has 2 aromatic carbocycles. The molecule has 0 atom stereocenters. The van der Waals surface area contributed by atoms with Gasteiger partial charge in [-0.3, -0.25) is 4.79 Å². The van der Waals surface area contributed by atoms with E-state index in [1.165, 1.54) is 23.1 Å². The van der Waals surface area contributed by atoms with Gasteiger partial charge in [-0.2, -0.15) is 0 Å². The van der Waals surface area contributed by atoms with Crippen molar-refractivity contribution in [2.24, 2.45) is 0 Å². The largest absolute Gasteiger partial charge is 0.507 e. The van der Waals surface area contributed by atoms with Gasteiger partial charge in [-0.05, 0) is 30.7 Å². The van der Waals surface area contributed by atoms with Crippen molar-refractivity contribution in [1.82, 2.24) is 0 Å². The normalized spacial score (nSPS) is 13.3. The molecule has 3 rings (SSSR count). The topological polar surface area (TPSA) is 86.8 Å². The number of nitrogens with zero attached hydrogens (tertiary/aromatic N) is 1. The molecule has 0 unspecified atom stereocenters. The summed E-state index contributed by atoms with van der Waals surface area (Å²) >= 11 is 0. The van der Waals surface area contributed by atoms with Crippen LogP contribution >= 0.6 is 0 Å². The Kier molecular flexibility index (Phi) is 2.75. The van der Waals surface area contributed by atoms with E-state index < -0.39 is 5.91 Å². The van der Waals surface area contributed by atoms with Gasteiger partial charge in [0.2, 0.25) is 0 Å². The summed E-state index contributed by atoms with van der Waals surface area (Å²) in [6.07, 6.45) is 0.669. The first-order valence-electron chi connectivity index (χ1n) is 6.30. The number of hydrogen-bond acceptors (Lipinski definition) is 4. The molecule has 0 fully saturated rings. The van der Waals surface area contributed by atoms with Gasteiger partial charge >= 0.3 is 0 Å². The highest BCUT2D eigenvalue weighted by molar-refractivity contribution is 6.10. The standard InChI is InChI=1S/C15H14N2O3/c16-10-3-1-4-11-9(10)7-8-17(11)15(20)14-12(18)5-2-6-13(14)19/h1-6,18-19H,7-8,16H2. The van der Waals surface area contributed by atoms with E-state index in [-0.39, 0.29) is 17.1 Å². The molecule has 0 aliphatic carbocycles. The SMILES string of the molecule is Nc1cccc2c1CCN2C(=O)c1c(O)cccc1O. The number of nitrogen functional groups attached to an aromatic ring is 1. The van der Waals surface area contributed by atoms with Crippen molar-refractivity contribution in [1.29, 1.82) is 0 Å². The minimum absolute atomic E-state index is 0.0808. The molecule has 0 spiro atoms. The van der Waals surface area contributed by atoms with Gasteiger partial charge in [0.15, 0.2) is 0 Å². The van der Waals surface area contributed by atoms with Crippen LogP contribution in [0.3, 0.4) is 0 Å². The zero-order chi connectivity index (χ0) is 14.3. The van der Waals surface area contributed by atoms with Crippen molar-refractivity contribution in [3.8, 4) is 11.5 Å². The van der Waals surface area contributed by atoms with Gasteiger partial charge in [0.05, 0.1) is 0 Å². The lowest BCUT2D eigenvalue weighted by molar-refractivity contribution is 0.0984. The summed E-state index contributed by atoms with van der Waals surface area (Å²) in [4.78, 5) is 14.1. The Morgan fingerprint density at radius 3 is 2.45 bits per heavy atom. The summed E-state index contributed by atoms with van der Waals surface area (Å²) in [5, 5.41) is 19.6.